The van der Waals surface area contributed by atoms with E-state index in [-0.39, 0.29) is 12.5 Å². The summed E-state index contributed by atoms with van der Waals surface area (Å²) < 4.78 is 0. The minimum Gasteiger partial charge on any atom is -0.481 e. The summed E-state index contributed by atoms with van der Waals surface area (Å²) in [6.45, 7) is 3.81. The molecule has 1 rings (SSSR count). The first-order chi connectivity index (χ1) is 8.90. The number of carbonyl (C=O) groups excluding carboxylic acids is 1. The van der Waals surface area contributed by atoms with Crippen molar-refractivity contribution in [3.8, 4) is 0 Å². The number of hydrogen-bond acceptors (Lipinski definition) is 4. The molecule has 1 atom stereocenters. The maximum Gasteiger partial charge on any atom is 0.308 e. The number of aryl methyl sites for hydroxylation is 2. The van der Waals surface area contributed by atoms with E-state index in [9.17, 15) is 9.59 Å². The molecule has 1 heterocycles. The molecule has 1 amide bonds. The van der Waals surface area contributed by atoms with Crippen molar-refractivity contribution in [2.24, 2.45) is 5.92 Å². The Hall–Kier alpha value is -1.43. The topological polar surface area (TPSA) is 70.5 Å². The third-order valence-electron chi connectivity index (χ3n) is 2.89. The van der Waals surface area contributed by atoms with Crippen LogP contribution in [0.2, 0.25) is 0 Å². The molecule has 0 fully saturated rings. The van der Waals surface area contributed by atoms with Gasteiger partial charge in [-0.25, -0.2) is 4.98 Å². The van der Waals surface area contributed by atoms with Crippen LogP contribution in [-0.2, 0) is 16.0 Å². The van der Waals surface area contributed by atoms with E-state index in [1.54, 1.807) is 25.3 Å². The molecule has 1 unspecified atom stereocenters. The second-order valence-corrected chi connectivity index (χ2v) is 5.79. The number of aromatic nitrogens is 1. The fourth-order valence-electron chi connectivity index (χ4n) is 1.73. The van der Waals surface area contributed by atoms with Crippen LogP contribution in [0.15, 0.2) is 5.38 Å². The molecule has 0 aliphatic heterocycles. The van der Waals surface area contributed by atoms with Gasteiger partial charge < -0.3 is 10.0 Å². The van der Waals surface area contributed by atoms with Gasteiger partial charge in [0.15, 0.2) is 0 Å². The van der Waals surface area contributed by atoms with Crippen LogP contribution in [0.4, 0.5) is 0 Å². The van der Waals surface area contributed by atoms with E-state index in [2.05, 4.69) is 4.98 Å². The lowest BCUT2D eigenvalue weighted by molar-refractivity contribution is -0.142. The number of aliphatic carboxylic acids is 1. The fraction of sp³-hybridized carbons (Fsp3) is 0.615. The van der Waals surface area contributed by atoms with Crippen molar-refractivity contribution < 1.29 is 14.7 Å². The Labute approximate surface area is 117 Å². The number of amides is 1. The molecule has 0 saturated heterocycles. The summed E-state index contributed by atoms with van der Waals surface area (Å²) in [4.78, 5) is 28.4. The normalized spacial score (nSPS) is 12.2. The molecule has 1 aromatic rings. The van der Waals surface area contributed by atoms with Gasteiger partial charge in [0.05, 0.1) is 16.6 Å². The molecule has 106 valence electrons. The zero-order valence-corrected chi connectivity index (χ0v) is 12.4. The van der Waals surface area contributed by atoms with Crippen molar-refractivity contribution in [2.75, 3.05) is 13.6 Å². The van der Waals surface area contributed by atoms with Crippen molar-refractivity contribution in [2.45, 2.75) is 33.1 Å². The summed E-state index contributed by atoms with van der Waals surface area (Å²) in [5, 5.41) is 11.8. The number of thiazole rings is 1. The van der Waals surface area contributed by atoms with E-state index < -0.39 is 11.9 Å². The van der Waals surface area contributed by atoms with Crippen LogP contribution in [0.5, 0.6) is 0 Å². The second kappa shape index (κ2) is 7.23. The third kappa shape index (κ3) is 5.38. The molecule has 5 nitrogen and oxygen atoms in total. The van der Waals surface area contributed by atoms with E-state index >= 15 is 0 Å². The standard InChI is InChI=1S/C13H20N2O3S/c1-9(13(17)18)7-15(3)12(16)6-4-5-11-8-19-10(2)14-11/h8-9H,4-7H2,1-3H3,(H,17,18). The van der Waals surface area contributed by atoms with Crippen molar-refractivity contribution in [3.05, 3.63) is 16.1 Å². The second-order valence-electron chi connectivity index (χ2n) is 4.72. The molecule has 0 aliphatic carbocycles. The van der Waals surface area contributed by atoms with Crippen molar-refractivity contribution in [3.63, 3.8) is 0 Å². The molecule has 0 aliphatic rings. The van der Waals surface area contributed by atoms with Gasteiger partial charge >= 0.3 is 5.97 Å². The smallest absolute Gasteiger partial charge is 0.308 e. The summed E-state index contributed by atoms with van der Waals surface area (Å²) in [6, 6.07) is 0. The quantitative estimate of drug-likeness (QED) is 0.831. The lowest BCUT2D eigenvalue weighted by atomic mass is 10.1. The number of rotatable bonds is 7. The summed E-state index contributed by atoms with van der Waals surface area (Å²) in [5.74, 6) is -1.42. The van der Waals surface area contributed by atoms with Gasteiger partial charge in [-0.2, -0.15) is 0 Å². The largest absolute Gasteiger partial charge is 0.481 e. The molecular formula is C13H20N2O3S. The molecule has 0 spiro atoms. The van der Waals surface area contributed by atoms with Gasteiger partial charge in [-0.3, -0.25) is 9.59 Å². The van der Waals surface area contributed by atoms with E-state index in [0.29, 0.717) is 6.42 Å². The molecule has 0 saturated carbocycles. The number of carbonyl (C=O) groups is 2. The first kappa shape index (κ1) is 15.6. The van der Waals surface area contributed by atoms with Gasteiger partial charge in [0.25, 0.3) is 0 Å². The summed E-state index contributed by atoms with van der Waals surface area (Å²) in [6.07, 6.45) is 1.96. The minimum atomic E-state index is -0.877. The van der Waals surface area contributed by atoms with Crippen LogP contribution in [0.1, 0.15) is 30.5 Å². The van der Waals surface area contributed by atoms with Crippen molar-refractivity contribution in [1.29, 1.82) is 0 Å². The third-order valence-corrected chi connectivity index (χ3v) is 3.71. The Morgan fingerprint density at radius 2 is 2.21 bits per heavy atom. The Bertz CT molecular complexity index is 445. The SMILES string of the molecule is Cc1nc(CCCC(=O)N(C)CC(C)C(=O)O)cs1. The molecule has 0 bridgehead atoms. The van der Waals surface area contributed by atoms with Crippen molar-refractivity contribution in [1.82, 2.24) is 9.88 Å². The molecule has 19 heavy (non-hydrogen) atoms. The summed E-state index contributed by atoms with van der Waals surface area (Å²) in [5.41, 5.74) is 1.02. The van der Waals surface area contributed by atoms with Crippen LogP contribution in [0, 0.1) is 12.8 Å². The van der Waals surface area contributed by atoms with E-state index in [1.165, 1.54) is 4.90 Å². The van der Waals surface area contributed by atoms with Crippen LogP contribution >= 0.6 is 11.3 Å². The monoisotopic (exact) mass is 284 g/mol. The summed E-state index contributed by atoms with van der Waals surface area (Å²) in [7, 11) is 1.65. The van der Waals surface area contributed by atoms with Crippen LogP contribution in [0.25, 0.3) is 0 Å². The highest BCUT2D eigenvalue weighted by molar-refractivity contribution is 7.09. The number of carboxylic acids is 1. The Kier molecular flexibility index (Phi) is 5.95. The zero-order valence-electron chi connectivity index (χ0n) is 11.5. The lowest BCUT2D eigenvalue weighted by Gasteiger charge is -2.19. The van der Waals surface area contributed by atoms with Crippen LogP contribution < -0.4 is 0 Å². The maximum absolute atomic E-state index is 11.8. The van der Waals surface area contributed by atoms with Crippen LogP contribution in [0.3, 0.4) is 0 Å². The minimum absolute atomic E-state index is 0.0138. The van der Waals surface area contributed by atoms with Gasteiger partial charge in [-0.1, -0.05) is 6.92 Å². The highest BCUT2D eigenvalue weighted by atomic mass is 32.1. The van der Waals surface area contributed by atoms with Crippen LogP contribution in [-0.4, -0.2) is 40.5 Å². The highest BCUT2D eigenvalue weighted by Crippen LogP contribution is 2.11. The first-order valence-electron chi connectivity index (χ1n) is 6.28. The molecule has 1 N–H and O–H groups in total. The highest BCUT2D eigenvalue weighted by Gasteiger charge is 2.17. The Morgan fingerprint density at radius 1 is 1.53 bits per heavy atom. The Morgan fingerprint density at radius 3 is 2.74 bits per heavy atom. The number of hydrogen-bond donors (Lipinski definition) is 1. The van der Waals surface area contributed by atoms with E-state index in [4.69, 9.17) is 5.11 Å². The molecule has 0 aromatic carbocycles. The maximum atomic E-state index is 11.8. The number of nitrogens with zero attached hydrogens (tertiary/aromatic N) is 2. The van der Waals surface area contributed by atoms with Crippen molar-refractivity contribution >= 4 is 23.2 Å². The van der Waals surface area contributed by atoms with Gasteiger partial charge in [0, 0.05) is 25.4 Å². The fourth-order valence-corrected chi connectivity index (χ4v) is 2.37. The Balaban J connectivity index is 2.28. The predicted octanol–water partition coefficient (Wildman–Crippen LogP) is 1.95. The lowest BCUT2D eigenvalue weighted by Crippen LogP contribution is -2.33. The average molecular weight is 284 g/mol. The number of carboxylic acid groups (broad SMARTS) is 1. The van der Waals surface area contributed by atoms with E-state index in [1.807, 2.05) is 12.3 Å². The zero-order chi connectivity index (χ0) is 14.4. The summed E-state index contributed by atoms with van der Waals surface area (Å²) >= 11 is 1.61. The molecule has 1 aromatic heterocycles. The van der Waals surface area contributed by atoms with Gasteiger partial charge in [0.1, 0.15) is 0 Å². The predicted molar refractivity (Wildman–Crippen MR) is 74.2 cm³/mol. The average Bonchev–Trinajstić information content (AvgIpc) is 2.74. The van der Waals surface area contributed by atoms with Gasteiger partial charge in [-0.05, 0) is 19.8 Å². The van der Waals surface area contributed by atoms with Gasteiger partial charge in [0.2, 0.25) is 5.91 Å². The first-order valence-corrected chi connectivity index (χ1v) is 7.16. The van der Waals surface area contributed by atoms with E-state index in [0.717, 1.165) is 23.5 Å². The molecule has 6 heteroatoms. The van der Waals surface area contributed by atoms with Gasteiger partial charge in [-0.15, -0.1) is 11.3 Å². The molecule has 0 radical (unpaired) electrons. The molecular weight excluding hydrogens is 264 g/mol.